The van der Waals surface area contributed by atoms with Crippen LogP contribution in [0.1, 0.15) is 40.0 Å². The molecule has 0 bridgehead atoms. The van der Waals surface area contributed by atoms with Crippen LogP contribution in [0.15, 0.2) is 0 Å². The van der Waals surface area contributed by atoms with E-state index in [1.165, 1.54) is 4.31 Å². The summed E-state index contributed by atoms with van der Waals surface area (Å²) >= 11 is 0. The molecule has 1 aliphatic heterocycles. The zero-order chi connectivity index (χ0) is 14.6. The maximum Gasteiger partial charge on any atom is 0.281 e. The third kappa shape index (κ3) is 4.70. The molecule has 6 heteroatoms. The summed E-state index contributed by atoms with van der Waals surface area (Å²) in [4.78, 5) is 0. The Morgan fingerprint density at radius 1 is 1.32 bits per heavy atom. The number of hydrogen-bond donors (Lipinski definition) is 1. The lowest BCUT2D eigenvalue weighted by Gasteiger charge is -2.33. The van der Waals surface area contributed by atoms with Crippen LogP contribution in [0.4, 0.5) is 0 Å². The SMILES string of the molecule is CC1CCN(S(=O)(=O)N(C)CCC(N)C(C)C)CC1. The van der Waals surface area contributed by atoms with Crippen molar-refractivity contribution in [3.8, 4) is 0 Å². The quantitative estimate of drug-likeness (QED) is 0.801. The molecule has 0 aromatic carbocycles. The van der Waals surface area contributed by atoms with E-state index in [1.54, 1.807) is 11.4 Å². The Labute approximate surface area is 118 Å². The molecule has 1 fully saturated rings. The lowest BCUT2D eigenvalue weighted by molar-refractivity contribution is 0.268. The van der Waals surface area contributed by atoms with Gasteiger partial charge in [-0.2, -0.15) is 17.0 Å². The molecule has 0 amide bonds. The molecular weight excluding hydrogens is 262 g/mol. The second kappa shape index (κ2) is 7.02. The molecule has 0 aromatic heterocycles. The second-order valence-electron chi connectivity index (χ2n) is 6.11. The van der Waals surface area contributed by atoms with Crippen LogP contribution in [0, 0.1) is 11.8 Å². The first kappa shape index (κ1) is 16.9. The number of rotatable bonds is 6. The molecule has 1 rings (SSSR count). The Morgan fingerprint density at radius 2 is 1.84 bits per heavy atom. The summed E-state index contributed by atoms with van der Waals surface area (Å²) < 4.78 is 27.8. The maximum atomic E-state index is 12.4. The average molecular weight is 291 g/mol. The van der Waals surface area contributed by atoms with Gasteiger partial charge in [-0.3, -0.25) is 0 Å². The summed E-state index contributed by atoms with van der Waals surface area (Å²) in [7, 11) is -1.64. The molecule has 1 unspecified atom stereocenters. The van der Waals surface area contributed by atoms with Gasteiger partial charge >= 0.3 is 0 Å². The van der Waals surface area contributed by atoms with Crippen molar-refractivity contribution < 1.29 is 8.42 Å². The topological polar surface area (TPSA) is 66.6 Å². The second-order valence-corrected chi connectivity index (χ2v) is 8.14. The van der Waals surface area contributed by atoms with E-state index < -0.39 is 10.2 Å². The smallest absolute Gasteiger partial charge is 0.281 e. The van der Waals surface area contributed by atoms with Gasteiger partial charge in [-0.05, 0) is 31.1 Å². The Hall–Kier alpha value is -0.170. The maximum absolute atomic E-state index is 12.4. The number of nitrogens with two attached hydrogens (primary N) is 1. The van der Waals surface area contributed by atoms with Gasteiger partial charge in [0.2, 0.25) is 0 Å². The zero-order valence-corrected chi connectivity index (χ0v) is 13.5. The van der Waals surface area contributed by atoms with Gasteiger partial charge in [0.1, 0.15) is 0 Å². The van der Waals surface area contributed by atoms with Gasteiger partial charge in [0, 0.05) is 32.7 Å². The summed E-state index contributed by atoms with van der Waals surface area (Å²) in [5, 5.41) is 0. The van der Waals surface area contributed by atoms with Crippen LogP contribution >= 0.6 is 0 Å². The van der Waals surface area contributed by atoms with Crippen LogP contribution in [0.25, 0.3) is 0 Å². The molecular formula is C13H29N3O2S. The van der Waals surface area contributed by atoms with Crippen molar-refractivity contribution in [2.24, 2.45) is 17.6 Å². The van der Waals surface area contributed by atoms with Crippen LogP contribution < -0.4 is 5.73 Å². The van der Waals surface area contributed by atoms with Crippen molar-refractivity contribution in [2.75, 3.05) is 26.7 Å². The van der Waals surface area contributed by atoms with Crippen LogP contribution in [0.5, 0.6) is 0 Å². The van der Waals surface area contributed by atoms with Gasteiger partial charge in [-0.1, -0.05) is 20.8 Å². The summed E-state index contributed by atoms with van der Waals surface area (Å²) in [6.07, 6.45) is 2.62. The van der Waals surface area contributed by atoms with Crippen molar-refractivity contribution in [1.82, 2.24) is 8.61 Å². The Morgan fingerprint density at radius 3 is 2.32 bits per heavy atom. The van der Waals surface area contributed by atoms with Crippen molar-refractivity contribution in [1.29, 1.82) is 0 Å². The third-order valence-electron chi connectivity index (χ3n) is 4.10. The predicted molar refractivity (Wildman–Crippen MR) is 79.0 cm³/mol. The monoisotopic (exact) mass is 291 g/mol. The van der Waals surface area contributed by atoms with Gasteiger partial charge in [0.15, 0.2) is 0 Å². The van der Waals surface area contributed by atoms with Crippen LogP contribution in [0.2, 0.25) is 0 Å². The molecule has 2 N–H and O–H groups in total. The average Bonchev–Trinajstić information content (AvgIpc) is 2.35. The third-order valence-corrected chi connectivity index (χ3v) is 6.08. The first-order valence-corrected chi connectivity index (χ1v) is 8.61. The zero-order valence-electron chi connectivity index (χ0n) is 12.7. The van der Waals surface area contributed by atoms with E-state index in [-0.39, 0.29) is 6.04 Å². The molecule has 1 saturated heterocycles. The fraction of sp³-hybridized carbons (Fsp3) is 1.00. The molecule has 114 valence electrons. The standard InChI is InChI=1S/C13H29N3O2S/c1-11(2)13(14)7-8-15(4)19(17,18)16-9-5-12(3)6-10-16/h11-13H,5-10,14H2,1-4H3. The minimum atomic E-state index is -3.30. The van der Waals surface area contributed by atoms with E-state index in [1.807, 2.05) is 0 Å². The summed E-state index contributed by atoms with van der Waals surface area (Å²) in [6.45, 7) is 8.08. The van der Waals surface area contributed by atoms with Gasteiger partial charge in [-0.15, -0.1) is 0 Å². The van der Waals surface area contributed by atoms with Crippen molar-refractivity contribution >= 4 is 10.2 Å². The van der Waals surface area contributed by atoms with E-state index in [2.05, 4.69) is 20.8 Å². The van der Waals surface area contributed by atoms with Crippen LogP contribution in [-0.2, 0) is 10.2 Å². The lowest BCUT2D eigenvalue weighted by Crippen LogP contribution is -2.46. The lowest BCUT2D eigenvalue weighted by atomic mass is 10.0. The van der Waals surface area contributed by atoms with Gasteiger partial charge in [-0.25, -0.2) is 0 Å². The first-order valence-electron chi connectivity index (χ1n) is 7.22. The van der Waals surface area contributed by atoms with E-state index in [0.29, 0.717) is 37.9 Å². The fourth-order valence-electron chi connectivity index (χ4n) is 2.19. The number of piperidine rings is 1. The highest BCUT2D eigenvalue weighted by Crippen LogP contribution is 2.20. The van der Waals surface area contributed by atoms with E-state index >= 15 is 0 Å². The highest BCUT2D eigenvalue weighted by atomic mass is 32.2. The molecule has 0 radical (unpaired) electrons. The molecule has 1 heterocycles. The number of hydrogen-bond acceptors (Lipinski definition) is 3. The van der Waals surface area contributed by atoms with Gasteiger partial charge in [0.25, 0.3) is 10.2 Å². The molecule has 1 aliphatic rings. The highest BCUT2D eigenvalue weighted by Gasteiger charge is 2.29. The molecule has 0 aromatic rings. The van der Waals surface area contributed by atoms with Crippen LogP contribution in [0.3, 0.4) is 0 Å². The van der Waals surface area contributed by atoms with E-state index in [4.69, 9.17) is 5.73 Å². The number of nitrogens with zero attached hydrogens (tertiary/aromatic N) is 2. The molecule has 19 heavy (non-hydrogen) atoms. The minimum absolute atomic E-state index is 0.0547. The summed E-state index contributed by atoms with van der Waals surface area (Å²) in [6, 6.07) is 0.0547. The fourth-order valence-corrected chi connectivity index (χ4v) is 3.59. The van der Waals surface area contributed by atoms with E-state index in [0.717, 1.165) is 12.8 Å². The summed E-state index contributed by atoms with van der Waals surface area (Å²) in [5.74, 6) is 1.01. The molecule has 0 aliphatic carbocycles. The Balaban J connectivity index is 2.52. The summed E-state index contributed by atoms with van der Waals surface area (Å²) in [5.41, 5.74) is 5.97. The van der Waals surface area contributed by atoms with Crippen molar-refractivity contribution in [3.63, 3.8) is 0 Å². The predicted octanol–water partition coefficient (Wildman–Crippen LogP) is 1.27. The van der Waals surface area contributed by atoms with Gasteiger partial charge in [0.05, 0.1) is 0 Å². The Bertz CT molecular complexity index is 362. The Kier molecular flexibility index (Phi) is 6.23. The minimum Gasteiger partial charge on any atom is -0.327 e. The molecule has 1 atom stereocenters. The van der Waals surface area contributed by atoms with Crippen molar-refractivity contribution in [3.05, 3.63) is 0 Å². The highest BCUT2D eigenvalue weighted by molar-refractivity contribution is 7.86. The molecule has 5 nitrogen and oxygen atoms in total. The first-order chi connectivity index (χ1) is 8.75. The molecule has 0 saturated carbocycles. The normalized spacial score (nSPS) is 21.2. The molecule has 0 spiro atoms. The van der Waals surface area contributed by atoms with Crippen LogP contribution in [-0.4, -0.2) is 49.8 Å². The van der Waals surface area contributed by atoms with Crippen molar-refractivity contribution in [2.45, 2.75) is 46.1 Å². The largest absolute Gasteiger partial charge is 0.327 e. The van der Waals surface area contributed by atoms with E-state index in [9.17, 15) is 8.42 Å². The van der Waals surface area contributed by atoms with Gasteiger partial charge < -0.3 is 5.73 Å².